The summed E-state index contributed by atoms with van der Waals surface area (Å²) in [4.78, 5) is 36.2. The number of allylic oxidation sites excluding steroid dienone is 1. The van der Waals surface area contributed by atoms with E-state index < -0.39 is 24.0 Å². The number of carbonyl (C=O) groups excluding carboxylic acids is 3. The Labute approximate surface area is 152 Å². The van der Waals surface area contributed by atoms with Gasteiger partial charge in [-0.3, -0.25) is 0 Å². The van der Waals surface area contributed by atoms with Crippen molar-refractivity contribution in [2.45, 2.75) is 26.3 Å². The van der Waals surface area contributed by atoms with Gasteiger partial charge in [-0.25, -0.2) is 14.4 Å². The smallest absolute Gasteiger partial charge is 0.338 e. The van der Waals surface area contributed by atoms with Crippen LogP contribution in [0.25, 0.3) is 0 Å². The van der Waals surface area contributed by atoms with Crippen LogP contribution in [0.3, 0.4) is 0 Å². The second kappa shape index (κ2) is 9.41. The van der Waals surface area contributed by atoms with Crippen LogP contribution in [0.4, 0.5) is 4.79 Å². The third-order valence-corrected chi connectivity index (χ3v) is 3.63. The molecule has 0 aromatic heterocycles. The Morgan fingerprint density at radius 2 is 1.88 bits per heavy atom. The third kappa shape index (κ3) is 4.95. The average Bonchev–Trinajstić information content (AvgIpc) is 2.65. The van der Waals surface area contributed by atoms with Crippen molar-refractivity contribution >= 4 is 18.0 Å². The van der Waals surface area contributed by atoms with Crippen molar-refractivity contribution in [1.29, 1.82) is 0 Å². The van der Waals surface area contributed by atoms with Gasteiger partial charge in [0, 0.05) is 6.08 Å². The maximum absolute atomic E-state index is 12.5. The van der Waals surface area contributed by atoms with Crippen molar-refractivity contribution < 1.29 is 23.9 Å². The number of urea groups is 1. The molecule has 0 saturated heterocycles. The van der Waals surface area contributed by atoms with Crippen LogP contribution in [0.1, 0.15) is 31.9 Å². The number of rotatable bonds is 7. The molecule has 0 spiro atoms. The number of hydrogen-bond acceptors (Lipinski definition) is 5. The van der Waals surface area contributed by atoms with Crippen molar-refractivity contribution in [2.75, 3.05) is 13.2 Å². The van der Waals surface area contributed by atoms with Crippen LogP contribution in [-0.2, 0) is 19.1 Å². The molecule has 1 aromatic rings. The molecule has 7 heteroatoms. The molecule has 7 nitrogen and oxygen atoms in total. The molecule has 0 radical (unpaired) electrons. The molecular formula is C19H22N2O5. The van der Waals surface area contributed by atoms with Crippen LogP contribution in [0.2, 0.25) is 0 Å². The maximum atomic E-state index is 12.5. The molecule has 0 aliphatic carbocycles. The lowest BCUT2D eigenvalue weighted by Gasteiger charge is -2.29. The minimum absolute atomic E-state index is 0.185. The van der Waals surface area contributed by atoms with Crippen molar-refractivity contribution in [3.8, 4) is 0 Å². The first-order valence-corrected chi connectivity index (χ1v) is 8.42. The van der Waals surface area contributed by atoms with Crippen LogP contribution in [0.15, 0.2) is 53.8 Å². The molecule has 0 fully saturated rings. The van der Waals surface area contributed by atoms with Gasteiger partial charge in [-0.15, -0.1) is 0 Å². The standard InChI is InChI=1S/C19H22N2O5/c1-3-5-11-15(22)26-12-14-16(18(23)25-4-2)17(21-19(24)20-14)13-9-7-6-8-10-13/h5-11,17H,3-4,12H2,1-2H3,(H2,20,21,24). The van der Waals surface area contributed by atoms with Gasteiger partial charge in [0.25, 0.3) is 0 Å². The zero-order valence-electron chi connectivity index (χ0n) is 14.8. The molecular weight excluding hydrogens is 336 g/mol. The van der Waals surface area contributed by atoms with E-state index in [9.17, 15) is 14.4 Å². The molecule has 2 amide bonds. The molecule has 26 heavy (non-hydrogen) atoms. The Bertz CT molecular complexity index is 725. The lowest BCUT2D eigenvalue weighted by Crippen LogP contribution is -2.47. The third-order valence-electron chi connectivity index (χ3n) is 3.63. The van der Waals surface area contributed by atoms with Gasteiger partial charge >= 0.3 is 18.0 Å². The first-order valence-electron chi connectivity index (χ1n) is 8.42. The number of nitrogens with one attached hydrogen (secondary N) is 2. The van der Waals surface area contributed by atoms with Gasteiger partial charge in [0.1, 0.15) is 6.61 Å². The summed E-state index contributed by atoms with van der Waals surface area (Å²) in [5.74, 6) is -1.13. The monoisotopic (exact) mass is 358 g/mol. The van der Waals surface area contributed by atoms with Crippen LogP contribution in [0, 0.1) is 0 Å². The van der Waals surface area contributed by atoms with Gasteiger partial charge in [0.2, 0.25) is 0 Å². The summed E-state index contributed by atoms with van der Waals surface area (Å²) in [5, 5.41) is 5.26. The predicted molar refractivity (Wildman–Crippen MR) is 94.9 cm³/mol. The number of benzene rings is 1. The van der Waals surface area contributed by atoms with Crippen molar-refractivity contribution in [1.82, 2.24) is 10.6 Å². The zero-order valence-corrected chi connectivity index (χ0v) is 14.8. The fraction of sp³-hybridized carbons (Fsp3) is 0.316. The highest BCUT2D eigenvalue weighted by atomic mass is 16.5. The van der Waals surface area contributed by atoms with E-state index in [2.05, 4.69) is 10.6 Å². The van der Waals surface area contributed by atoms with E-state index in [1.807, 2.05) is 25.1 Å². The quantitative estimate of drug-likeness (QED) is 0.576. The Balaban J connectivity index is 2.35. The van der Waals surface area contributed by atoms with Gasteiger partial charge in [-0.1, -0.05) is 43.3 Å². The van der Waals surface area contributed by atoms with Crippen molar-refractivity contribution in [3.63, 3.8) is 0 Å². The molecule has 138 valence electrons. The van der Waals surface area contributed by atoms with Gasteiger partial charge in [-0.2, -0.15) is 0 Å². The van der Waals surface area contributed by atoms with Crippen LogP contribution >= 0.6 is 0 Å². The average molecular weight is 358 g/mol. The zero-order chi connectivity index (χ0) is 18.9. The second-order valence-corrected chi connectivity index (χ2v) is 5.47. The minimum Gasteiger partial charge on any atom is -0.463 e. The Hall–Kier alpha value is -3.09. The summed E-state index contributed by atoms with van der Waals surface area (Å²) in [5.41, 5.74) is 1.14. The van der Waals surface area contributed by atoms with Crippen LogP contribution < -0.4 is 10.6 Å². The topological polar surface area (TPSA) is 93.7 Å². The van der Waals surface area contributed by atoms with E-state index in [0.29, 0.717) is 6.42 Å². The first kappa shape index (κ1) is 19.2. The Morgan fingerprint density at radius 3 is 2.54 bits per heavy atom. The maximum Gasteiger partial charge on any atom is 0.338 e. The summed E-state index contributed by atoms with van der Waals surface area (Å²) >= 11 is 0. The van der Waals surface area contributed by atoms with E-state index in [4.69, 9.17) is 9.47 Å². The van der Waals surface area contributed by atoms with Gasteiger partial charge < -0.3 is 20.1 Å². The summed E-state index contributed by atoms with van der Waals surface area (Å²) < 4.78 is 10.3. The Morgan fingerprint density at radius 1 is 1.15 bits per heavy atom. The van der Waals surface area contributed by atoms with E-state index in [1.165, 1.54) is 6.08 Å². The molecule has 1 aliphatic heterocycles. The highest BCUT2D eigenvalue weighted by Crippen LogP contribution is 2.27. The van der Waals surface area contributed by atoms with Crippen molar-refractivity contribution in [3.05, 3.63) is 59.3 Å². The van der Waals surface area contributed by atoms with Gasteiger partial charge in [-0.05, 0) is 18.9 Å². The molecule has 1 unspecified atom stereocenters. The SMILES string of the molecule is CCC=CC(=O)OCC1=C(C(=O)OCC)C(c2ccccc2)NC(=O)N1. The summed E-state index contributed by atoms with van der Waals surface area (Å²) in [6.45, 7) is 3.53. The fourth-order valence-corrected chi connectivity index (χ4v) is 2.48. The van der Waals surface area contributed by atoms with E-state index in [0.717, 1.165) is 5.56 Å². The number of esters is 2. The normalized spacial score (nSPS) is 16.8. The largest absolute Gasteiger partial charge is 0.463 e. The van der Waals surface area contributed by atoms with E-state index >= 15 is 0 Å². The molecule has 0 bridgehead atoms. The van der Waals surface area contributed by atoms with Crippen LogP contribution in [0.5, 0.6) is 0 Å². The lowest BCUT2D eigenvalue weighted by atomic mass is 9.95. The number of ether oxygens (including phenoxy) is 2. The number of hydrogen-bond donors (Lipinski definition) is 2. The minimum atomic E-state index is -0.691. The fourth-order valence-electron chi connectivity index (χ4n) is 2.48. The van der Waals surface area contributed by atoms with E-state index in [1.54, 1.807) is 25.1 Å². The lowest BCUT2D eigenvalue weighted by molar-refractivity contribution is -0.140. The Kier molecular flexibility index (Phi) is 6.96. The van der Waals surface area contributed by atoms with Crippen LogP contribution in [-0.4, -0.2) is 31.2 Å². The molecule has 1 aromatic carbocycles. The van der Waals surface area contributed by atoms with Crippen molar-refractivity contribution in [2.24, 2.45) is 0 Å². The van der Waals surface area contributed by atoms with Gasteiger partial charge in [0.15, 0.2) is 0 Å². The molecule has 2 rings (SSSR count). The first-order chi connectivity index (χ1) is 12.6. The van der Waals surface area contributed by atoms with Gasteiger partial charge in [0.05, 0.1) is 23.9 Å². The summed E-state index contributed by atoms with van der Waals surface area (Å²) in [6, 6.07) is 7.86. The highest BCUT2D eigenvalue weighted by molar-refractivity contribution is 5.95. The van der Waals surface area contributed by atoms with E-state index in [-0.39, 0.29) is 24.5 Å². The second-order valence-electron chi connectivity index (χ2n) is 5.47. The predicted octanol–water partition coefficient (Wildman–Crippen LogP) is 2.37. The highest BCUT2D eigenvalue weighted by Gasteiger charge is 2.34. The molecule has 1 atom stereocenters. The molecule has 1 aliphatic rings. The molecule has 2 N–H and O–H groups in total. The summed E-state index contributed by atoms with van der Waals surface area (Å²) in [6.07, 6.45) is 3.67. The number of carbonyl (C=O) groups is 3. The molecule has 0 saturated carbocycles. The summed E-state index contributed by atoms with van der Waals surface area (Å²) in [7, 11) is 0. The molecule has 1 heterocycles. The number of amides is 2.